The number of benzene rings is 1. The van der Waals surface area contributed by atoms with Crippen molar-refractivity contribution < 1.29 is 9.57 Å². The summed E-state index contributed by atoms with van der Waals surface area (Å²) >= 11 is 0. The van der Waals surface area contributed by atoms with Crippen molar-refractivity contribution in [2.24, 2.45) is 5.16 Å². The van der Waals surface area contributed by atoms with Crippen LogP contribution in [0.25, 0.3) is 0 Å². The van der Waals surface area contributed by atoms with Gasteiger partial charge >= 0.3 is 0 Å². The Morgan fingerprint density at radius 2 is 2.00 bits per heavy atom. The van der Waals surface area contributed by atoms with Crippen LogP contribution >= 0.6 is 0 Å². The van der Waals surface area contributed by atoms with Crippen molar-refractivity contribution in [2.75, 3.05) is 0 Å². The van der Waals surface area contributed by atoms with Crippen LogP contribution in [0.2, 0.25) is 0 Å². The lowest BCUT2D eigenvalue weighted by Crippen LogP contribution is -2.21. The maximum absolute atomic E-state index is 5.53. The standard InChI is InChI=1S/C15H21NO2/c1-3-13-8-4-5-9-14(13)17-12-16-18-15(2)10-6-7-11-15/h4-5,8-9,12H,3,6-7,10-11H2,1-2H3. The molecule has 0 spiro atoms. The van der Waals surface area contributed by atoms with Crippen molar-refractivity contribution in [3.63, 3.8) is 0 Å². The van der Waals surface area contributed by atoms with E-state index in [1.807, 2.05) is 18.2 Å². The Labute approximate surface area is 109 Å². The van der Waals surface area contributed by atoms with E-state index in [0.717, 1.165) is 25.0 Å². The Bertz CT molecular complexity index is 409. The zero-order valence-corrected chi connectivity index (χ0v) is 11.2. The molecule has 3 heteroatoms. The van der Waals surface area contributed by atoms with Gasteiger partial charge in [-0.15, -0.1) is 0 Å². The lowest BCUT2D eigenvalue weighted by Gasteiger charge is -2.19. The predicted octanol–water partition coefficient (Wildman–Crippen LogP) is 3.92. The summed E-state index contributed by atoms with van der Waals surface area (Å²) < 4.78 is 5.52. The summed E-state index contributed by atoms with van der Waals surface area (Å²) in [5.41, 5.74) is 1.08. The van der Waals surface area contributed by atoms with Gasteiger partial charge in [0.1, 0.15) is 11.4 Å². The second-order valence-electron chi connectivity index (χ2n) is 5.04. The molecule has 1 saturated carbocycles. The molecular weight excluding hydrogens is 226 g/mol. The highest BCUT2D eigenvalue weighted by molar-refractivity contribution is 5.52. The minimum atomic E-state index is -0.0931. The fourth-order valence-corrected chi connectivity index (χ4v) is 2.35. The van der Waals surface area contributed by atoms with Crippen LogP contribution in [0.1, 0.15) is 45.1 Å². The highest BCUT2D eigenvalue weighted by atomic mass is 16.7. The molecule has 1 fully saturated rings. The Balaban J connectivity index is 1.87. The Morgan fingerprint density at radius 1 is 1.28 bits per heavy atom. The third-order valence-corrected chi connectivity index (χ3v) is 3.51. The monoisotopic (exact) mass is 247 g/mol. The molecule has 18 heavy (non-hydrogen) atoms. The number of rotatable bonds is 5. The zero-order chi connectivity index (χ0) is 12.8. The van der Waals surface area contributed by atoms with E-state index in [4.69, 9.17) is 9.57 Å². The predicted molar refractivity (Wildman–Crippen MR) is 72.9 cm³/mol. The Kier molecular flexibility index (Phi) is 4.24. The SMILES string of the molecule is CCc1ccccc1OC=NOC1(C)CCCC1. The summed E-state index contributed by atoms with van der Waals surface area (Å²) in [6.45, 7) is 4.22. The van der Waals surface area contributed by atoms with E-state index >= 15 is 0 Å². The molecule has 0 N–H and O–H groups in total. The van der Waals surface area contributed by atoms with Crippen LogP contribution in [0, 0.1) is 0 Å². The molecule has 1 aromatic rings. The third kappa shape index (κ3) is 3.25. The van der Waals surface area contributed by atoms with E-state index in [1.54, 1.807) is 0 Å². The lowest BCUT2D eigenvalue weighted by molar-refractivity contribution is -0.0242. The largest absolute Gasteiger partial charge is 0.442 e. The lowest BCUT2D eigenvalue weighted by atomic mass is 10.1. The average molecular weight is 247 g/mol. The van der Waals surface area contributed by atoms with E-state index in [9.17, 15) is 0 Å². The second kappa shape index (κ2) is 5.89. The van der Waals surface area contributed by atoms with E-state index < -0.39 is 0 Å². The van der Waals surface area contributed by atoms with Gasteiger partial charge in [-0.25, -0.2) is 0 Å². The summed E-state index contributed by atoms with van der Waals surface area (Å²) in [4.78, 5) is 5.53. The first-order chi connectivity index (χ1) is 8.73. The van der Waals surface area contributed by atoms with E-state index in [1.165, 1.54) is 24.8 Å². The van der Waals surface area contributed by atoms with Crippen molar-refractivity contribution in [1.82, 2.24) is 0 Å². The van der Waals surface area contributed by atoms with Gasteiger partial charge < -0.3 is 9.57 Å². The van der Waals surface area contributed by atoms with Crippen LogP contribution < -0.4 is 4.74 Å². The van der Waals surface area contributed by atoms with Gasteiger partial charge in [0.25, 0.3) is 0 Å². The van der Waals surface area contributed by atoms with Crippen molar-refractivity contribution >= 4 is 6.40 Å². The van der Waals surface area contributed by atoms with E-state index in [0.29, 0.717) is 0 Å². The van der Waals surface area contributed by atoms with Gasteiger partial charge in [0.2, 0.25) is 6.40 Å². The zero-order valence-electron chi connectivity index (χ0n) is 11.2. The number of ether oxygens (including phenoxy) is 1. The van der Waals surface area contributed by atoms with Crippen molar-refractivity contribution in [2.45, 2.75) is 51.6 Å². The van der Waals surface area contributed by atoms with Crippen LogP contribution in [0.5, 0.6) is 5.75 Å². The summed E-state index contributed by atoms with van der Waals surface area (Å²) in [6, 6.07) is 7.98. The quantitative estimate of drug-likeness (QED) is 0.448. The fourth-order valence-electron chi connectivity index (χ4n) is 2.35. The van der Waals surface area contributed by atoms with Crippen LogP contribution in [0.15, 0.2) is 29.4 Å². The Morgan fingerprint density at radius 3 is 2.72 bits per heavy atom. The molecule has 0 atom stereocenters. The topological polar surface area (TPSA) is 30.8 Å². The van der Waals surface area contributed by atoms with Crippen LogP contribution in [-0.2, 0) is 11.3 Å². The second-order valence-corrected chi connectivity index (χ2v) is 5.04. The van der Waals surface area contributed by atoms with E-state index in [-0.39, 0.29) is 5.60 Å². The fraction of sp³-hybridized carbons (Fsp3) is 0.533. The van der Waals surface area contributed by atoms with Gasteiger partial charge in [0, 0.05) is 0 Å². The first-order valence-corrected chi connectivity index (χ1v) is 6.68. The van der Waals surface area contributed by atoms with Crippen molar-refractivity contribution in [3.8, 4) is 5.75 Å². The van der Waals surface area contributed by atoms with Gasteiger partial charge in [-0.3, -0.25) is 0 Å². The maximum atomic E-state index is 5.53. The van der Waals surface area contributed by atoms with Crippen LogP contribution in [0.4, 0.5) is 0 Å². The van der Waals surface area contributed by atoms with Gasteiger partial charge in [0.15, 0.2) is 0 Å². The number of hydrogen-bond donors (Lipinski definition) is 0. The molecule has 1 aliphatic carbocycles. The Hall–Kier alpha value is -1.51. The number of aryl methyl sites for hydroxylation is 1. The summed E-state index contributed by atoms with van der Waals surface area (Å²) in [7, 11) is 0. The molecule has 2 rings (SSSR count). The molecule has 0 amide bonds. The third-order valence-electron chi connectivity index (χ3n) is 3.51. The van der Waals surface area contributed by atoms with Crippen LogP contribution in [0.3, 0.4) is 0 Å². The van der Waals surface area contributed by atoms with Crippen molar-refractivity contribution in [1.29, 1.82) is 0 Å². The smallest absolute Gasteiger partial charge is 0.218 e. The highest BCUT2D eigenvalue weighted by Gasteiger charge is 2.30. The molecule has 0 saturated heterocycles. The number of para-hydroxylation sites is 1. The molecule has 0 unspecified atom stereocenters. The number of nitrogens with zero attached hydrogens (tertiary/aromatic N) is 1. The molecule has 98 valence electrons. The molecule has 0 aliphatic heterocycles. The van der Waals surface area contributed by atoms with Gasteiger partial charge in [-0.05, 0) is 50.7 Å². The highest BCUT2D eigenvalue weighted by Crippen LogP contribution is 2.32. The summed E-state index contributed by atoms with van der Waals surface area (Å²) in [5, 5.41) is 3.95. The van der Waals surface area contributed by atoms with E-state index in [2.05, 4.69) is 25.1 Å². The molecule has 3 nitrogen and oxygen atoms in total. The summed E-state index contributed by atoms with van der Waals surface area (Å²) in [6.07, 6.45) is 6.96. The van der Waals surface area contributed by atoms with Gasteiger partial charge in [-0.2, -0.15) is 0 Å². The molecular formula is C15H21NO2. The number of oxime groups is 1. The molecule has 0 aromatic heterocycles. The minimum Gasteiger partial charge on any atom is -0.442 e. The molecule has 0 heterocycles. The maximum Gasteiger partial charge on any atom is 0.218 e. The average Bonchev–Trinajstić information content (AvgIpc) is 2.82. The molecule has 0 radical (unpaired) electrons. The normalized spacial score (nSPS) is 18.1. The summed E-state index contributed by atoms with van der Waals surface area (Å²) in [5.74, 6) is 0.851. The van der Waals surface area contributed by atoms with Gasteiger partial charge in [-0.1, -0.05) is 30.3 Å². The first-order valence-electron chi connectivity index (χ1n) is 6.68. The molecule has 1 aromatic carbocycles. The van der Waals surface area contributed by atoms with Gasteiger partial charge in [0.05, 0.1) is 0 Å². The number of hydrogen-bond acceptors (Lipinski definition) is 3. The molecule has 1 aliphatic rings. The van der Waals surface area contributed by atoms with Crippen molar-refractivity contribution in [3.05, 3.63) is 29.8 Å². The molecule has 0 bridgehead atoms. The minimum absolute atomic E-state index is 0.0931. The van der Waals surface area contributed by atoms with Crippen LogP contribution in [-0.4, -0.2) is 12.0 Å². The first kappa shape index (κ1) is 12.9.